The van der Waals surface area contributed by atoms with E-state index in [0.29, 0.717) is 11.8 Å². The molecule has 2 atom stereocenters. The Balaban J connectivity index is 1.58. The largest absolute Gasteiger partial charge is 0.342 e. The molecule has 0 bridgehead atoms. The number of likely N-dealkylation sites (tertiary alicyclic amines) is 1. The van der Waals surface area contributed by atoms with E-state index in [1.165, 1.54) is 32.1 Å². The van der Waals surface area contributed by atoms with Crippen LogP contribution in [0.3, 0.4) is 0 Å². The Morgan fingerprint density at radius 1 is 1.29 bits per heavy atom. The number of rotatable bonds is 4. The van der Waals surface area contributed by atoms with Gasteiger partial charge >= 0.3 is 0 Å². The topological polar surface area (TPSA) is 44.4 Å². The molecule has 120 valence electrons. The summed E-state index contributed by atoms with van der Waals surface area (Å²) in [6, 6.07) is 0. The molecule has 1 aliphatic carbocycles. The summed E-state index contributed by atoms with van der Waals surface area (Å²) in [5.41, 5.74) is -0.0489. The standard InChI is InChI=1S/C17H31N3O/c1-2-18-11-14-6-9-20(10-7-14)16(21)17-8-4-3-5-15(17)12-19-13-17/h14-15,18-19H,2-13H2,1H3/t15-,17+/m0/s1. The molecule has 2 saturated heterocycles. The van der Waals surface area contributed by atoms with Gasteiger partial charge in [0.25, 0.3) is 0 Å². The van der Waals surface area contributed by atoms with Crippen molar-refractivity contribution in [1.29, 1.82) is 0 Å². The highest BCUT2D eigenvalue weighted by atomic mass is 16.2. The van der Waals surface area contributed by atoms with E-state index in [-0.39, 0.29) is 5.41 Å². The smallest absolute Gasteiger partial charge is 0.230 e. The lowest BCUT2D eigenvalue weighted by Gasteiger charge is -2.43. The van der Waals surface area contributed by atoms with Gasteiger partial charge in [0.2, 0.25) is 5.91 Å². The Kier molecular flexibility index (Phi) is 4.85. The predicted octanol–water partition coefficient (Wildman–Crippen LogP) is 1.61. The summed E-state index contributed by atoms with van der Waals surface area (Å²) < 4.78 is 0. The number of carbonyl (C=O) groups excluding carboxylic acids is 1. The number of piperidine rings is 1. The number of nitrogens with zero attached hydrogens (tertiary/aromatic N) is 1. The van der Waals surface area contributed by atoms with E-state index in [9.17, 15) is 4.79 Å². The Morgan fingerprint density at radius 2 is 2.10 bits per heavy atom. The fourth-order valence-corrected chi connectivity index (χ4v) is 4.67. The summed E-state index contributed by atoms with van der Waals surface area (Å²) in [5, 5.41) is 6.95. The van der Waals surface area contributed by atoms with E-state index in [1.54, 1.807) is 0 Å². The van der Waals surface area contributed by atoms with Crippen LogP contribution in [0.25, 0.3) is 0 Å². The van der Waals surface area contributed by atoms with Crippen LogP contribution in [0, 0.1) is 17.3 Å². The van der Waals surface area contributed by atoms with Crippen molar-refractivity contribution < 1.29 is 4.79 Å². The quantitative estimate of drug-likeness (QED) is 0.828. The molecule has 1 saturated carbocycles. The molecule has 0 spiro atoms. The second-order valence-corrected chi connectivity index (χ2v) is 7.27. The van der Waals surface area contributed by atoms with Crippen LogP contribution in [0.4, 0.5) is 0 Å². The number of amides is 1. The van der Waals surface area contributed by atoms with Gasteiger partial charge < -0.3 is 15.5 Å². The van der Waals surface area contributed by atoms with Gasteiger partial charge in [0, 0.05) is 19.6 Å². The Labute approximate surface area is 129 Å². The molecule has 1 amide bonds. The molecule has 3 aliphatic rings. The minimum absolute atomic E-state index is 0.0489. The molecule has 0 radical (unpaired) electrons. The minimum Gasteiger partial charge on any atom is -0.342 e. The zero-order valence-corrected chi connectivity index (χ0v) is 13.5. The van der Waals surface area contributed by atoms with Gasteiger partial charge in [-0.15, -0.1) is 0 Å². The van der Waals surface area contributed by atoms with Crippen molar-refractivity contribution in [3.05, 3.63) is 0 Å². The van der Waals surface area contributed by atoms with Crippen molar-refractivity contribution in [3.63, 3.8) is 0 Å². The van der Waals surface area contributed by atoms with Gasteiger partial charge in [-0.2, -0.15) is 0 Å². The summed E-state index contributed by atoms with van der Waals surface area (Å²) in [6.07, 6.45) is 7.25. The molecule has 0 aromatic carbocycles. The van der Waals surface area contributed by atoms with Crippen molar-refractivity contribution >= 4 is 5.91 Å². The van der Waals surface area contributed by atoms with Crippen molar-refractivity contribution in [3.8, 4) is 0 Å². The van der Waals surface area contributed by atoms with Crippen LogP contribution in [0.2, 0.25) is 0 Å². The highest BCUT2D eigenvalue weighted by Gasteiger charge is 2.51. The maximum Gasteiger partial charge on any atom is 0.230 e. The number of nitrogens with one attached hydrogen (secondary N) is 2. The van der Waals surface area contributed by atoms with Gasteiger partial charge in [0.1, 0.15) is 0 Å². The average molecular weight is 293 g/mol. The molecule has 4 nitrogen and oxygen atoms in total. The minimum atomic E-state index is -0.0489. The normalized spacial score (nSPS) is 34.0. The summed E-state index contributed by atoms with van der Waals surface area (Å²) in [7, 11) is 0. The molecule has 0 unspecified atom stereocenters. The third kappa shape index (κ3) is 2.98. The third-order valence-electron chi connectivity index (χ3n) is 6.05. The average Bonchev–Trinajstić information content (AvgIpc) is 2.98. The van der Waals surface area contributed by atoms with E-state index < -0.39 is 0 Å². The maximum atomic E-state index is 13.1. The summed E-state index contributed by atoms with van der Waals surface area (Å²) in [4.78, 5) is 15.3. The van der Waals surface area contributed by atoms with E-state index in [2.05, 4.69) is 22.5 Å². The summed E-state index contributed by atoms with van der Waals surface area (Å²) >= 11 is 0. The molecule has 2 aliphatic heterocycles. The lowest BCUT2D eigenvalue weighted by Crippen LogP contribution is -2.52. The van der Waals surface area contributed by atoms with Crippen molar-refractivity contribution in [2.45, 2.75) is 45.4 Å². The molecule has 2 N–H and O–H groups in total. The predicted molar refractivity (Wildman–Crippen MR) is 85.1 cm³/mol. The van der Waals surface area contributed by atoms with E-state index >= 15 is 0 Å². The fourth-order valence-electron chi connectivity index (χ4n) is 4.67. The van der Waals surface area contributed by atoms with Crippen LogP contribution in [0.5, 0.6) is 0 Å². The monoisotopic (exact) mass is 293 g/mol. The van der Waals surface area contributed by atoms with Gasteiger partial charge in [-0.1, -0.05) is 19.8 Å². The number of hydrogen-bond donors (Lipinski definition) is 2. The van der Waals surface area contributed by atoms with Gasteiger partial charge in [0.05, 0.1) is 5.41 Å². The van der Waals surface area contributed by atoms with Gasteiger partial charge in [-0.05, 0) is 57.2 Å². The molecular formula is C17H31N3O. The molecule has 3 fully saturated rings. The first kappa shape index (κ1) is 15.3. The first-order valence-electron chi connectivity index (χ1n) is 8.97. The fraction of sp³-hybridized carbons (Fsp3) is 0.941. The van der Waals surface area contributed by atoms with Crippen LogP contribution < -0.4 is 10.6 Å². The van der Waals surface area contributed by atoms with E-state index in [4.69, 9.17) is 0 Å². The second kappa shape index (κ2) is 6.66. The second-order valence-electron chi connectivity index (χ2n) is 7.27. The van der Waals surface area contributed by atoms with Crippen LogP contribution in [0.1, 0.15) is 45.4 Å². The molecule has 3 rings (SSSR count). The van der Waals surface area contributed by atoms with Gasteiger partial charge in [-0.25, -0.2) is 0 Å². The van der Waals surface area contributed by atoms with Crippen LogP contribution >= 0.6 is 0 Å². The Hall–Kier alpha value is -0.610. The van der Waals surface area contributed by atoms with Crippen LogP contribution in [-0.2, 0) is 4.79 Å². The third-order valence-corrected chi connectivity index (χ3v) is 6.05. The van der Waals surface area contributed by atoms with Crippen molar-refractivity contribution in [1.82, 2.24) is 15.5 Å². The van der Waals surface area contributed by atoms with Crippen molar-refractivity contribution in [2.24, 2.45) is 17.3 Å². The van der Waals surface area contributed by atoms with E-state index in [1.807, 2.05) is 0 Å². The molecule has 21 heavy (non-hydrogen) atoms. The van der Waals surface area contributed by atoms with Gasteiger partial charge in [-0.3, -0.25) is 4.79 Å². The molecule has 4 heteroatoms. The number of hydrogen-bond acceptors (Lipinski definition) is 3. The maximum absolute atomic E-state index is 13.1. The van der Waals surface area contributed by atoms with Gasteiger partial charge in [0.15, 0.2) is 0 Å². The number of carbonyl (C=O) groups is 1. The first-order chi connectivity index (χ1) is 10.3. The number of fused-ring (bicyclic) bond motifs is 1. The Morgan fingerprint density at radius 3 is 2.86 bits per heavy atom. The SMILES string of the molecule is CCNCC1CCN(C(=O)[C@@]23CCCC[C@H]2CNC3)CC1. The molecule has 2 heterocycles. The first-order valence-corrected chi connectivity index (χ1v) is 8.97. The lowest BCUT2D eigenvalue weighted by atomic mass is 9.67. The van der Waals surface area contributed by atoms with Crippen LogP contribution in [0.15, 0.2) is 0 Å². The molecular weight excluding hydrogens is 262 g/mol. The summed E-state index contributed by atoms with van der Waals surface area (Å²) in [6.45, 7) is 8.26. The zero-order chi connectivity index (χ0) is 14.7. The molecule has 0 aromatic rings. The lowest BCUT2D eigenvalue weighted by molar-refractivity contribution is -0.146. The Bertz CT molecular complexity index is 365. The van der Waals surface area contributed by atoms with Crippen LogP contribution in [-0.4, -0.2) is 50.1 Å². The van der Waals surface area contributed by atoms with Crippen molar-refractivity contribution in [2.75, 3.05) is 39.3 Å². The highest BCUT2D eigenvalue weighted by molar-refractivity contribution is 5.84. The van der Waals surface area contributed by atoms with E-state index in [0.717, 1.165) is 51.6 Å². The zero-order valence-electron chi connectivity index (χ0n) is 13.5. The highest BCUT2D eigenvalue weighted by Crippen LogP contribution is 2.45. The summed E-state index contributed by atoms with van der Waals surface area (Å²) in [5.74, 6) is 1.83. The molecule has 0 aromatic heterocycles.